The Morgan fingerprint density at radius 2 is 2.35 bits per heavy atom. The first-order chi connectivity index (χ1) is 9.50. The second kappa shape index (κ2) is 5.87. The summed E-state index contributed by atoms with van der Waals surface area (Å²) in [6, 6.07) is -1.21. The van der Waals surface area contributed by atoms with Crippen LogP contribution in [0.25, 0.3) is 0 Å². The van der Waals surface area contributed by atoms with Crippen LogP contribution in [0.1, 0.15) is 18.8 Å². The van der Waals surface area contributed by atoms with Gasteiger partial charge in [-0.3, -0.25) is 9.89 Å². The number of carbonyl (C=O) groups is 2. The summed E-state index contributed by atoms with van der Waals surface area (Å²) in [4.78, 5) is 28.5. The molecule has 1 aromatic heterocycles. The van der Waals surface area contributed by atoms with Crippen LogP contribution in [0.15, 0.2) is 6.33 Å². The van der Waals surface area contributed by atoms with Crippen molar-refractivity contribution in [1.82, 2.24) is 25.4 Å². The number of carboxylic acid groups (broad SMARTS) is 1. The summed E-state index contributed by atoms with van der Waals surface area (Å²) in [5.74, 6) is -1.13. The van der Waals surface area contributed by atoms with Gasteiger partial charge >= 0.3 is 12.0 Å². The summed E-state index contributed by atoms with van der Waals surface area (Å²) >= 11 is 0. The number of nitrogens with zero attached hydrogens (tertiary/aromatic N) is 3. The molecule has 3 atom stereocenters. The van der Waals surface area contributed by atoms with Gasteiger partial charge in [0.2, 0.25) is 0 Å². The van der Waals surface area contributed by atoms with Crippen molar-refractivity contribution in [1.29, 1.82) is 0 Å². The molecule has 110 valence electrons. The molecule has 0 saturated carbocycles. The van der Waals surface area contributed by atoms with Crippen molar-refractivity contribution in [2.45, 2.75) is 19.0 Å². The molecule has 0 spiro atoms. The van der Waals surface area contributed by atoms with Gasteiger partial charge in [-0.25, -0.2) is 9.78 Å². The molecule has 2 heterocycles. The Morgan fingerprint density at radius 1 is 1.60 bits per heavy atom. The van der Waals surface area contributed by atoms with Gasteiger partial charge in [0.05, 0.1) is 25.3 Å². The number of aromatic amines is 1. The zero-order valence-corrected chi connectivity index (χ0v) is 11.2. The van der Waals surface area contributed by atoms with Crippen LogP contribution in [0.4, 0.5) is 4.79 Å². The van der Waals surface area contributed by atoms with Crippen LogP contribution in [0.5, 0.6) is 0 Å². The van der Waals surface area contributed by atoms with Crippen molar-refractivity contribution in [3.8, 4) is 0 Å². The number of rotatable bonds is 4. The lowest BCUT2D eigenvalue weighted by atomic mass is 10.0. The molecule has 1 aliphatic rings. The van der Waals surface area contributed by atoms with Crippen LogP contribution >= 0.6 is 0 Å². The molecule has 1 saturated heterocycles. The van der Waals surface area contributed by atoms with Gasteiger partial charge in [-0.1, -0.05) is 0 Å². The molecule has 1 aliphatic heterocycles. The largest absolute Gasteiger partial charge is 0.481 e. The van der Waals surface area contributed by atoms with E-state index in [1.807, 2.05) is 0 Å². The fourth-order valence-electron chi connectivity index (χ4n) is 2.09. The number of ether oxygens (including phenoxy) is 1. The number of carboxylic acids is 1. The van der Waals surface area contributed by atoms with Crippen LogP contribution in [0.3, 0.4) is 0 Å². The molecule has 1 fully saturated rings. The summed E-state index contributed by atoms with van der Waals surface area (Å²) in [6.45, 7) is 2.10. The molecule has 0 radical (unpaired) electrons. The minimum atomic E-state index is -0.963. The molecule has 1 aromatic rings. The fraction of sp³-hybridized carbons (Fsp3) is 0.636. The quantitative estimate of drug-likeness (QED) is 0.692. The molecular formula is C11H17N5O4. The Kier molecular flexibility index (Phi) is 4.18. The second-order valence-electron chi connectivity index (χ2n) is 4.70. The highest BCUT2D eigenvalue weighted by Crippen LogP contribution is 2.19. The van der Waals surface area contributed by atoms with E-state index in [-0.39, 0.29) is 25.3 Å². The lowest BCUT2D eigenvalue weighted by molar-refractivity contribution is -0.142. The first kappa shape index (κ1) is 14.3. The number of aliphatic carboxylic acids is 1. The molecule has 3 unspecified atom stereocenters. The van der Waals surface area contributed by atoms with E-state index in [1.165, 1.54) is 11.2 Å². The summed E-state index contributed by atoms with van der Waals surface area (Å²) in [5.41, 5.74) is 0. The van der Waals surface area contributed by atoms with Gasteiger partial charge in [0, 0.05) is 7.05 Å². The van der Waals surface area contributed by atoms with Crippen LogP contribution in [-0.4, -0.2) is 63.5 Å². The van der Waals surface area contributed by atoms with Crippen molar-refractivity contribution in [2.24, 2.45) is 5.92 Å². The van der Waals surface area contributed by atoms with Gasteiger partial charge in [-0.15, -0.1) is 0 Å². The van der Waals surface area contributed by atoms with E-state index in [0.29, 0.717) is 5.82 Å². The standard InChI is InChI=1S/C11H17N5O4/c1-6(9-12-5-13-15-9)14-11(19)16(2)8-4-20-3-7(8)10(17)18/h5-8H,3-4H2,1-2H3,(H,14,19)(H,17,18)(H,12,13,15). The van der Waals surface area contributed by atoms with E-state index < -0.39 is 17.9 Å². The number of urea groups is 1. The number of H-pyrrole nitrogens is 1. The Hall–Kier alpha value is -2.16. The van der Waals surface area contributed by atoms with E-state index >= 15 is 0 Å². The van der Waals surface area contributed by atoms with Gasteiger partial charge in [0.25, 0.3) is 0 Å². The number of hydrogen-bond donors (Lipinski definition) is 3. The average molecular weight is 283 g/mol. The van der Waals surface area contributed by atoms with Crippen LogP contribution in [0.2, 0.25) is 0 Å². The maximum Gasteiger partial charge on any atom is 0.318 e. The molecule has 2 amide bonds. The van der Waals surface area contributed by atoms with Crippen LogP contribution < -0.4 is 5.32 Å². The third-order valence-electron chi connectivity index (χ3n) is 3.37. The van der Waals surface area contributed by atoms with E-state index in [4.69, 9.17) is 9.84 Å². The first-order valence-corrected chi connectivity index (χ1v) is 6.20. The van der Waals surface area contributed by atoms with E-state index in [1.54, 1.807) is 14.0 Å². The predicted molar refractivity (Wildman–Crippen MR) is 66.8 cm³/mol. The highest BCUT2D eigenvalue weighted by Gasteiger charge is 2.38. The molecule has 9 nitrogen and oxygen atoms in total. The topological polar surface area (TPSA) is 120 Å². The Bertz CT molecular complexity index is 477. The maximum absolute atomic E-state index is 12.1. The van der Waals surface area contributed by atoms with Crippen molar-refractivity contribution >= 4 is 12.0 Å². The highest BCUT2D eigenvalue weighted by atomic mass is 16.5. The Morgan fingerprint density at radius 3 is 2.95 bits per heavy atom. The summed E-state index contributed by atoms with van der Waals surface area (Å²) in [7, 11) is 1.55. The first-order valence-electron chi connectivity index (χ1n) is 6.20. The van der Waals surface area contributed by atoms with E-state index in [2.05, 4.69) is 20.5 Å². The monoisotopic (exact) mass is 283 g/mol. The second-order valence-corrected chi connectivity index (χ2v) is 4.70. The minimum absolute atomic E-state index is 0.120. The summed E-state index contributed by atoms with van der Waals surface area (Å²) in [5, 5.41) is 18.2. The predicted octanol–water partition coefficient (Wildman–Crippen LogP) is -0.393. The molecule has 0 bridgehead atoms. The smallest absolute Gasteiger partial charge is 0.318 e. The van der Waals surface area contributed by atoms with Crippen molar-refractivity contribution < 1.29 is 19.4 Å². The maximum atomic E-state index is 12.1. The zero-order valence-electron chi connectivity index (χ0n) is 11.2. The average Bonchev–Trinajstić information content (AvgIpc) is 3.08. The number of aromatic nitrogens is 3. The van der Waals surface area contributed by atoms with Crippen molar-refractivity contribution in [3.05, 3.63) is 12.2 Å². The molecular weight excluding hydrogens is 266 g/mol. The van der Waals surface area contributed by atoms with Gasteiger partial charge in [-0.05, 0) is 6.92 Å². The molecule has 0 aliphatic carbocycles. The van der Waals surface area contributed by atoms with E-state index in [0.717, 1.165) is 0 Å². The van der Waals surface area contributed by atoms with Gasteiger partial charge in [0.1, 0.15) is 18.1 Å². The van der Waals surface area contributed by atoms with E-state index in [9.17, 15) is 9.59 Å². The Balaban J connectivity index is 1.96. The number of carbonyl (C=O) groups excluding carboxylic acids is 1. The van der Waals surface area contributed by atoms with Gasteiger partial charge in [0.15, 0.2) is 0 Å². The zero-order chi connectivity index (χ0) is 14.7. The third-order valence-corrected chi connectivity index (χ3v) is 3.37. The third kappa shape index (κ3) is 2.87. The molecule has 3 N–H and O–H groups in total. The number of nitrogens with one attached hydrogen (secondary N) is 2. The highest BCUT2D eigenvalue weighted by molar-refractivity contribution is 5.77. The minimum Gasteiger partial charge on any atom is -0.481 e. The molecule has 0 aromatic carbocycles. The number of hydrogen-bond acceptors (Lipinski definition) is 5. The summed E-state index contributed by atoms with van der Waals surface area (Å²) < 4.78 is 5.15. The molecule has 9 heteroatoms. The lowest BCUT2D eigenvalue weighted by Crippen LogP contribution is -2.48. The summed E-state index contributed by atoms with van der Waals surface area (Å²) in [6.07, 6.45) is 1.35. The molecule has 20 heavy (non-hydrogen) atoms. The van der Waals surface area contributed by atoms with Crippen molar-refractivity contribution in [3.63, 3.8) is 0 Å². The van der Waals surface area contributed by atoms with Crippen LogP contribution in [0, 0.1) is 5.92 Å². The normalized spacial score (nSPS) is 23.3. The Labute approximate surface area is 115 Å². The molecule has 2 rings (SSSR count). The fourth-order valence-corrected chi connectivity index (χ4v) is 2.09. The SMILES string of the molecule is CC(NC(=O)N(C)C1COCC1C(=O)O)c1ncn[nH]1. The number of likely N-dealkylation sites (N-methyl/N-ethyl adjacent to an activating group) is 1. The lowest BCUT2D eigenvalue weighted by Gasteiger charge is -2.27. The number of amides is 2. The van der Waals surface area contributed by atoms with Gasteiger partial charge in [-0.2, -0.15) is 5.10 Å². The van der Waals surface area contributed by atoms with Crippen LogP contribution in [-0.2, 0) is 9.53 Å². The van der Waals surface area contributed by atoms with Gasteiger partial charge < -0.3 is 20.1 Å². The van der Waals surface area contributed by atoms with Crippen molar-refractivity contribution in [2.75, 3.05) is 20.3 Å².